The van der Waals surface area contributed by atoms with Gasteiger partial charge in [0.2, 0.25) is 0 Å². The van der Waals surface area contributed by atoms with E-state index in [1.165, 1.54) is 0 Å². The number of hydrogen-bond donors (Lipinski definition) is 2. The van der Waals surface area contributed by atoms with Gasteiger partial charge in [-0.1, -0.05) is 11.6 Å². The van der Waals surface area contributed by atoms with Crippen LogP contribution in [-0.4, -0.2) is 17.8 Å². The van der Waals surface area contributed by atoms with Crippen LogP contribution < -0.4 is 10.1 Å². The highest BCUT2D eigenvalue weighted by Gasteiger charge is 2.18. The monoisotopic (exact) mass is 213 g/mol. The van der Waals surface area contributed by atoms with Crippen LogP contribution in [0.15, 0.2) is 12.1 Å². The van der Waals surface area contributed by atoms with E-state index in [1.807, 2.05) is 0 Å². The van der Waals surface area contributed by atoms with Gasteiger partial charge < -0.3 is 9.84 Å². The summed E-state index contributed by atoms with van der Waals surface area (Å²) in [6.07, 6.45) is -0.352. The standard InChI is InChI=1S/C9H8ClNO3/c10-6-3-5-1-2-14-8(5)7(4-6)11-9(12)13/h3-4,11H,1-2H2,(H,12,13). The second kappa shape index (κ2) is 3.38. The minimum atomic E-state index is -1.12. The van der Waals surface area contributed by atoms with Crippen molar-refractivity contribution in [2.45, 2.75) is 6.42 Å². The average molecular weight is 214 g/mol. The van der Waals surface area contributed by atoms with Gasteiger partial charge in [-0.2, -0.15) is 0 Å². The number of hydrogen-bond acceptors (Lipinski definition) is 2. The van der Waals surface area contributed by atoms with Gasteiger partial charge in [0.1, 0.15) is 5.75 Å². The molecular formula is C9H8ClNO3. The van der Waals surface area contributed by atoms with Gasteiger partial charge in [-0.25, -0.2) is 4.79 Å². The third-order valence-electron chi connectivity index (χ3n) is 1.99. The van der Waals surface area contributed by atoms with Crippen LogP contribution in [0.1, 0.15) is 5.56 Å². The van der Waals surface area contributed by atoms with Gasteiger partial charge in [0, 0.05) is 17.0 Å². The summed E-state index contributed by atoms with van der Waals surface area (Å²) in [5.74, 6) is 0.594. The van der Waals surface area contributed by atoms with Crippen molar-refractivity contribution >= 4 is 23.4 Å². The Hall–Kier alpha value is -1.42. The minimum absolute atomic E-state index is 0.414. The molecule has 0 aromatic heterocycles. The summed E-state index contributed by atoms with van der Waals surface area (Å²) in [5.41, 5.74) is 1.36. The van der Waals surface area contributed by atoms with Crippen molar-refractivity contribution in [3.05, 3.63) is 22.7 Å². The van der Waals surface area contributed by atoms with E-state index < -0.39 is 6.09 Å². The molecule has 1 aromatic rings. The van der Waals surface area contributed by atoms with E-state index in [2.05, 4.69) is 5.32 Å². The molecule has 2 rings (SSSR count). The van der Waals surface area contributed by atoms with E-state index in [-0.39, 0.29) is 0 Å². The molecule has 0 saturated heterocycles. The van der Waals surface area contributed by atoms with Crippen LogP contribution in [0.3, 0.4) is 0 Å². The topological polar surface area (TPSA) is 58.6 Å². The molecule has 0 aliphatic carbocycles. The van der Waals surface area contributed by atoms with Crippen LogP contribution in [0.25, 0.3) is 0 Å². The normalized spacial score (nSPS) is 13.2. The number of halogens is 1. The largest absolute Gasteiger partial charge is 0.491 e. The van der Waals surface area contributed by atoms with Gasteiger partial charge in [-0.05, 0) is 12.1 Å². The highest BCUT2D eigenvalue weighted by atomic mass is 35.5. The Bertz CT molecular complexity index is 392. The van der Waals surface area contributed by atoms with Crippen LogP contribution in [0.4, 0.5) is 10.5 Å². The fourth-order valence-corrected chi connectivity index (χ4v) is 1.72. The van der Waals surface area contributed by atoms with Gasteiger partial charge in [0.25, 0.3) is 0 Å². The predicted molar refractivity (Wildman–Crippen MR) is 52.3 cm³/mol. The molecule has 1 aliphatic heterocycles. The summed E-state index contributed by atoms with van der Waals surface area (Å²) in [6.45, 7) is 0.573. The third kappa shape index (κ3) is 1.61. The number of anilines is 1. The Balaban J connectivity index is 2.43. The summed E-state index contributed by atoms with van der Waals surface area (Å²) in [4.78, 5) is 10.5. The second-order valence-corrected chi connectivity index (χ2v) is 3.41. The Kier molecular flexibility index (Phi) is 2.21. The van der Waals surface area contributed by atoms with Crippen LogP contribution in [-0.2, 0) is 6.42 Å². The number of benzene rings is 1. The molecule has 74 valence electrons. The Morgan fingerprint density at radius 1 is 1.57 bits per heavy atom. The first-order chi connectivity index (χ1) is 6.66. The molecule has 1 aromatic carbocycles. The molecule has 0 atom stereocenters. The fourth-order valence-electron chi connectivity index (χ4n) is 1.48. The summed E-state index contributed by atoms with van der Waals surface area (Å²) in [7, 11) is 0. The molecule has 1 heterocycles. The zero-order valence-electron chi connectivity index (χ0n) is 7.21. The third-order valence-corrected chi connectivity index (χ3v) is 2.21. The van der Waals surface area contributed by atoms with E-state index >= 15 is 0 Å². The van der Waals surface area contributed by atoms with Gasteiger partial charge in [0.05, 0.1) is 12.3 Å². The maximum atomic E-state index is 10.5. The first-order valence-corrected chi connectivity index (χ1v) is 4.50. The van der Waals surface area contributed by atoms with Crippen molar-refractivity contribution < 1.29 is 14.6 Å². The molecule has 0 fully saturated rings. The number of ether oxygens (including phenoxy) is 1. The zero-order valence-corrected chi connectivity index (χ0v) is 7.97. The molecule has 0 spiro atoms. The first kappa shape index (κ1) is 9.15. The van der Waals surface area contributed by atoms with Crippen molar-refractivity contribution in [3.63, 3.8) is 0 Å². The maximum Gasteiger partial charge on any atom is 0.409 e. The number of amides is 1. The predicted octanol–water partition coefficient (Wildman–Crippen LogP) is 2.36. The maximum absolute atomic E-state index is 10.5. The van der Waals surface area contributed by atoms with E-state index in [9.17, 15) is 4.79 Å². The molecule has 1 amide bonds. The van der Waals surface area contributed by atoms with Gasteiger partial charge >= 0.3 is 6.09 Å². The number of carbonyl (C=O) groups is 1. The number of carboxylic acid groups (broad SMARTS) is 1. The molecule has 5 heteroatoms. The van der Waals surface area contributed by atoms with E-state index in [0.29, 0.717) is 23.1 Å². The number of nitrogens with one attached hydrogen (secondary N) is 1. The first-order valence-electron chi connectivity index (χ1n) is 4.12. The molecule has 0 radical (unpaired) electrons. The molecule has 14 heavy (non-hydrogen) atoms. The van der Waals surface area contributed by atoms with Crippen LogP contribution in [0.5, 0.6) is 5.75 Å². The lowest BCUT2D eigenvalue weighted by atomic mass is 10.1. The van der Waals surface area contributed by atoms with Crippen molar-refractivity contribution in [1.82, 2.24) is 0 Å². The SMILES string of the molecule is O=C(O)Nc1cc(Cl)cc2c1OCC2. The highest BCUT2D eigenvalue weighted by molar-refractivity contribution is 6.31. The summed E-state index contributed by atoms with van der Waals surface area (Å²) in [6, 6.07) is 3.33. The Labute approximate surface area is 85.4 Å². The molecule has 0 saturated carbocycles. The van der Waals surface area contributed by atoms with Gasteiger partial charge in [-0.15, -0.1) is 0 Å². The molecule has 1 aliphatic rings. The average Bonchev–Trinajstić information content (AvgIpc) is 2.50. The van der Waals surface area contributed by atoms with E-state index in [1.54, 1.807) is 12.1 Å². The highest BCUT2D eigenvalue weighted by Crippen LogP contribution is 2.36. The molecule has 2 N–H and O–H groups in total. The second-order valence-electron chi connectivity index (χ2n) is 2.97. The van der Waals surface area contributed by atoms with E-state index in [0.717, 1.165) is 12.0 Å². The molecule has 0 bridgehead atoms. The smallest absolute Gasteiger partial charge is 0.409 e. The van der Waals surface area contributed by atoms with Crippen molar-refractivity contribution in [2.75, 3.05) is 11.9 Å². The fraction of sp³-hybridized carbons (Fsp3) is 0.222. The Morgan fingerprint density at radius 3 is 3.07 bits per heavy atom. The van der Waals surface area contributed by atoms with Crippen molar-refractivity contribution in [3.8, 4) is 5.75 Å². The summed E-state index contributed by atoms with van der Waals surface area (Å²) in [5, 5.41) is 11.3. The van der Waals surface area contributed by atoms with Crippen molar-refractivity contribution in [1.29, 1.82) is 0 Å². The zero-order chi connectivity index (χ0) is 10.1. The number of fused-ring (bicyclic) bond motifs is 1. The van der Waals surface area contributed by atoms with Crippen LogP contribution >= 0.6 is 11.6 Å². The lowest BCUT2D eigenvalue weighted by molar-refractivity contribution is 0.209. The van der Waals surface area contributed by atoms with Gasteiger partial charge in [0.15, 0.2) is 0 Å². The quantitative estimate of drug-likeness (QED) is 0.753. The lowest BCUT2D eigenvalue weighted by Gasteiger charge is -2.07. The summed E-state index contributed by atoms with van der Waals surface area (Å²) >= 11 is 5.82. The van der Waals surface area contributed by atoms with E-state index in [4.69, 9.17) is 21.4 Å². The molecular weight excluding hydrogens is 206 g/mol. The van der Waals surface area contributed by atoms with Crippen molar-refractivity contribution in [2.24, 2.45) is 0 Å². The van der Waals surface area contributed by atoms with Crippen LogP contribution in [0.2, 0.25) is 5.02 Å². The van der Waals surface area contributed by atoms with Gasteiger partial charge in [-0.3, -0.25) is 5.32 Å². The molecule has 0 unspecified atom stereocenters. The number of rotatable bonds is 1. The summed E-state index contributed by atoms with van der Waals surface area (Å²) < 4.78 is 5.30. The minimum Gasteiger partial charge on any atom is -0.491 e. The lowest BCUT2D eigenvalue weighted by Crippen LogP contribution is -2.08. The Morgan fingerprint density at radius 2 is 2.36 bits per heavy atom. The molecule has 4 nitrogen and oxygen atoms in total. The van der Waals surface area contributed by atoms with Crippen LogP contribution in [0, 0.1) is 0 Å².